The number of aliphatic hydroxyl groups is 2. The Morgan fingerprint density at radius 3 is 2.59 bits per heavy atom. The van der Waals surface area contributed by atoms with Crippen molar-refractivity contribution < 1.29 is 10.2 Å². The third kappa shape index (κ3) is 1.95. The molecule has 3 nitrogen and oxygen atoms in total. The average Bonchev–Trinajstić information content (AvgIpc) is 2.61. The van der Waals surface area contributed by atoms with Crippen molar-refractivity contribution >= 4 is 22.5 Å². The third-order valence-corrected chi connectivity index (χ3v) is 3.58. The first kappa shape index (κ1) is 12.4. The molecule has 1 heterocycles. The van der Waals surface area contributed by atoms with Crippen LogP contribution < -0.4 is 0 Å². The maximum absolute atomic E-state index is 10.1. The van der Waals surface area contributed by atoms with Gasteiger partial charge in [0.15, 0.2) is 0 Å². The van der Waals surface area contributed by atoms with Crippen molar-refractivity contribution in [1.82, 2.24) is 4.57 Å². The maximum Gasteiger partial charge on any atom is 0.108 e. The summed E-state index contributed by atoms with van der Waals surface area (Å²) in [5.41, 5.74) is 2.75. The van der Waals surface area contributed by atoms with Crippen LogP contribution in [0.4, 0.5) is 0 Å². The fourth-order valence-corrected chi connectivity index (χ4v) is 2.37. The zero-order valence-electron chi connectivity index (χ0n) is 9.89. The average molecular weight is 254 g/mol. The van der Waals surface area contributed by atoms with Gasteiger partial charge < -0.3 is 14.8 Å². The molecule has 4 heteroatoms. The summed E-state index contributed by atoms with van der Waals surface area (Å²) in [7, 11) is 1.95. The van der Waals surface area contributed by atoms with Crippen LogP contribution in [0.2, 0.25) is 0 Å². The van der Waals surface area contributed by atoms with Crippen LogP contribution in [-0.2, 0) is 7.05 Å². The number of halogens is 1. The lowest BCUT2D eigenvalue weighted by Crippen LogP contribution is -2.20. The van der Waals surface area contributed by atoms with Crippen molar-refractivity contribution in [2.75, 3.05) is 5.88 Å². The molecule has 2 aromatic rings. The Labute approximate surface area is 105 Å². The number of hydrogen-bond donors (Lipinski definition) is 2. The molecule has 2 unspecified atom stereocenters. The molecule has 0 saturated carbocycles. The summed E-state index contributed by atoms with van der Waals surface area (Å²) in [4.78, 5) is 0. The number of aliphatic hydroxyl groups excluding tert-OH is 2. The minimum atomic E-state index is -0.946. The van der Waals surface area contributed by atoms with E-state index in [9.17, 15) is 10.2 Å². The molecule has 0 radical (unpaired) electrons. The van der Waals surface area contributed by atoms with Gasteiger partial charge in [-0.25, -0.2) is 0 Å². The van der Waals surface area contributed by atoms with Gasteiger partial charge in [0, 0.05) is 29.2 Å². The van der Waals surface area contributed by atoms with E-state index in [1.54, 1.807) is 0 Å². The number of aryl methyl sites for hydroxylation is 1. The van der Waals surface area contributed by atoms with E-state index < -0.39 is 12.2 Å². The Morgan fingerprint density at radius 2 is 1.94 bits per heavy atom. The van der Waals surface area contributed by atoms with E-state index in [1.807, 2.05) is 42.8 Å². The molecule has 0 spiro atoms. The standard InChI is InChI=1S/C13H16ClNO2/c1-8-12(13(17)11(16)7-14)9-5-3-4-6-10(9)15(8)2/h3-6,11,13,16-17H,7H2,1-2H3. The Kier molecular flexibility index (Phi) is 3.43. The largest absolute Gasteiger partial charge is 0.389 e. The Morgan fingerprint density at radius 1 is 1.29 bits per heavy atom. The highest BCUT2D eigenvalue weighted by atomic mass is 35.5. The van der Waals surface area contributed by atoms with Crippen LogP contribution >= 0.6 is 11.6 Å². The lowest BCUT2D eigenvalue weighted by molar-refractivity contribution is 0.0331. The molecule has 0 fully saturated rings. The second-order valence-corrected chi connectivity index (χ2v) is 4.55. The number of para-hydroxylation sites is 1. The quantitative estimate of drug-likeness (QED) is 0.823. The molecule has 0 amide bonds. The van der Waals surface area contributed by atoms with Gasteiger partial charge in [-0.05, 0) is 13.0 Å². The third-order valence-electron chi connectivity index (χ3n) is 3.27. The number of benzene rings is 1. The SMILES string of the molecule is Cc1c(C(O)C(O)CCl)c2ccccc2n1C. The zero-order valence-corrected chi connectivity index (χ0v) is 10.6. The van der Waals surface area contributed by atoms with Crippen LogP contribution in [0.15, 0.2) is 24.3 Å². The molecule has 1 aromatic heterocycles. The first-order chi connectivity index (χ1) is 8.07. The van der Waals surface area contributed by atoms with E-state index in [0.29, 0.717) is 0 Å². The van der Waals surface area contributed by atoms with Gasteiger partial charge in [-0.2, -0.15) is 0 Å². The van der Waals surface area contributed by atoms with Crippen LogP contribution in [0.5, 0.6) is 0 Å². The summed E-state index contributed by atoms with van der Waals surface area (Å²) < 4.78 is 2.01. The van der Waals surface area contributed by atoms with Gasteiger partial charge >= 0.3 is 0 Å². The summed E-state index contributed by atoms with van der Waals surface area (Å²) >= 11 is 5.59. The van der Waals surface area contributed by atoms with E-state index in [1.165, 1.54) is 0 Å². The molecular formula is C13H16ClNO2. The Bertz CT molecular complexity index is 535. The van der Waals surface area contributed by atoms with E-state index >= 15 is 0 Å². The molecule has 1 aromatic carbocycles. The van der Waals surface area contributed by atoms with Gasteiger partial charge in [0.05, 0.1) is 12.0 Å². The zero-order chi connectivity index (χ0) is 12.6. The van der Waals surface area contributed by atoms with E-state index in [-0.39, 0.29) is 5.88 Å². The monoisotopic (exact) mass is 253 g/mol. The van der Waals surface area contributed by atoms with Crippen LogP contribution in [0.25, 0.3) is 10.9 Å². The van der Waals surface area contributed by atoms with Crippen molar-refractivity contribution in [1.29, 1.82) is 0 Å². The van der Waals surface area contributed by atoms with Crippen molar-refractivity contribution in [2.45, 2.75) is 19.1 Å². The second-order valence-electron chi connectivity index (χ2n) is 4.24. The van der Waals surface area contributed by atoms with Crippen LogP contribution in [0, 0.1) is 6.92 Å². The molecule has 92 valence electrons. The summed E-state index contributed by atoms with van der Waals surface area (Å²) in [6, 6.07) is 7.81. The van der Waals surface area contributed by atoms with Gasteiger partial charge in [0.1, 0.15) is 6.10 Å². The van der Waals surface area contributed by atoms with Crippen molar-refractivity contribution in [3.05, 3.63) is 35.5 Å². The van der Waals surface area contributed by atoms with E-state index in [2.05, 4.69) is 0 Å². The lowest BCUT2D eigenvalue weighted by Gasteiger charge is -2.16. The van der Waals surface area contributed by atoms with Gasteiger partial charge in [0.2, 0.25) is 0 Å². The molecule has 2 rings (SSSR count). The Hall–Kier alpha value is -1.03. The normalized spacial score (nSPS) is 15.1. The van der Waals surface area contributed by atoms with E-state index in [4.69, 9.17) is 11.6 Å². The highest BCUT2D eigenvalue weighted by Crippen LogP contribution is 2.31. The van der Waals surface area contributed by atoms with Crippen LogP contribution in [0.3, 0.4) is 0 Å². The minimum Gasteiger partial charge on any atom is -0.389 e. The molecule has 0 aliphatic rings. The predicted molar refractivity (Wildman–Crippen MR) is 69.3 cm³/mol. The summed E-state index contributed by atoms with van der Waals surface area (Å²) in [6.07, 6.45) is -1.89. The molecule has 0 aliphatic heterocycles. The highest BCUT2D eigenvalue weighted by molar-refractivity contribution is 6.18. The number of fused-ring (bicyclic) bond motifs is 1. The summed E-state index contributed by atoms with van der Waals surface area (Å²) in [5, 5.41) is 20.8. The lowest BCUT2D eigenvalue weighted by atomic mass is 10.0. The Balaban J connectivity index is 2.64. The molecule has 0 saturated heterocycles. The van der Waals surface area contributed by atoms with Crippen molar-refractivity contribution in [2.24, 2.45) is 7.05 Å². The van der Waals surface area contributed by atoms with Crippen LogP contribution in [-0.4, -0.2) is 26.8 Å². The molecule has 0 aliphatic carbocycles. The van der Waals surface area contributed by atoms with Crippen molar-refractivity contribution in [3.63, 3.8) is 0 Å². The minimum absolute atomic E-state index is 0.0177. The first-order valence-electron chi connectivity index (χ1n) is 5.54. The summed E-state index contributed by atoms with van der Waals surface area (Å²) in [6.45, 7) is 1.93. The number of hydrogen-bond acceptors (Lipinski definition) is 2. The van der Waals surface area contributed by atoms with Crippen molar-refractivity contribution in [3.8, 4) is 0 Å². The second kappa shape index (κ2) is 4.69. The van der Waals surface area contributed by atoms with E-state index in [0.717, 1.165) is 22.2 Å². The van der Waals surface area contributed by atoms with Gasteiger partial charge in [0.25, 0.3) is 0 Å². The molecule has 17 heavy (non-hydrogen) atoms. The highest BCUT2D eigenvalue weighted by Gasteiger charge is 2.24. The van der Waals surface area contributed by atoms with Gasteiger partial charge in [-0.15, -0.1) is 11.6 Å². The van der Waals surface area contributed by atoms with Gasteiger partial charge in [-0.3, -0.25) is 0 Å². The topological polar surface area (TPSA) is 45.4 Å². The number of rotatable bonds is 3. The fraction of sp³-hybridized carbons (Fsp3) is 0.385. The summed E-state index contributed by atoms with van der Waals surface area (Å²) in [5.74, 6) is 0.0177. The molecule has 0 bridgehead atoms. The smallest absolute Gasteiger partial charge is 0.108 e. The molecule has 2 atom stereocenters. The number of alkyl halides is 1. The number of nitrogens with zero attached hydrogens (tertiary/aromatic N) is 1. The van der Waals surface area contributed by atoms with Gasteiger partial charge in [-0.1, -0.05) is 18.2 Å². The van der Waals surface area contributed by atoms with Crippen LogP contribution in [0.1, 0.15) is 17.4 Å². The number of aromatic nitrogens is 1. The maximum atomic E-state index is 10.1. The molecular weight excluding hydrogens is 238 g/mol. The predicted octanol–water partition coefficient (Wildman–Crippen LogP) is 2.12. The molecule has 2 N–H and O–H groups in total. The fourth-order valence-electron chi connectivity index (χ4n) is 2.20. The first-order valence-corrected chi connectivity index (χ1v) is 6.07.